The van der Waals surface area contributed by atoms with Crippen molar-refractivity contribution in [3.63, 3.8) is 0 Å². The van der Waals surface area contributed by atoms with E-state index in [4.69, 9.17) is 9.47 Å². The lowest BCUT2D eigenvalue weighted by atomic mass is 9.84. The van der Waals surface area contributed by atoms with Crippen LogP contribution in [0.4, 0.5) is 11.4 Å². The molecule has 5 rings (SSSR count). The fraction of sp³-hybridized carbons (Fsp3) is 0.419. The first kappa shape index (κ1) is 27.0. The van der Waals surface area contributed by atoms with E-state index in [1.165, 1.54) is 11.1 Å². The standard InChI is InChI=1S/C31H39N5O3/c1-6-24-18-36(19-27-29(39-24)9-8-14-32-27)17-23-15-22(11-10-20(23)3)26(16-30(37)38-7-2)25-12-13-28-31(21(25)4)33-34-35(28)5/h8-15,24,26,33-34H,6-7,16-19H2,1-5H3/t24-,26-/m1/s1. The van der Waals surface area contributed by atoms with E-state index in [0.29, 0.717) is 6.61 Å². The Bertz CT molecular complexity index is 1340. The van der Waals surface area contributed by atoms with Crippen LogP contribution >= 0.6 is 0 Å². The average Bonchev–Trinajstić information content (AvgIpc) is 3.20. The second-order valence-electron chi connectivity index (χ2n) is 10.5. The Morgan fingerprint density at radius 2 is 2.05 bits per heavy atom. The summed E-state index contributed by atoms with van der Waals surface area (Å²) in [5.41, 5.74) is 15.3. The molecule has 8 nitrogen and oxygen atoms in total. The van der Waals surface area contributed by atoms with Crippen molar-refractivity contribution in [1.82, 2.24) is 15.4 Å². The van der Waals surface area contributed by atoms with Gasteiger partial charge in [-0.25, -0.2) is 0 Å². The van der Waals surface area contributed by atoms with Gasteiger partial charge in [-0.1, -0.05) is 31.2 Å². The zero-order chi connectivity index (χ0) is 27.5. The first-order valence-corrected chi connectivity index (χ1v) is 13.8. The number of carbonyl (C=O) groups is 1. The lowest BCUT2D eigenvalue weighted by Gasteiger charge is -2.25. The molecule has 1 aromatic heterocycles. The summed E-state index contributed by atoms with van der Waals surface area (Å²) in [5.74, 6) is 0.568. The van der Waals surface area contributed by atoms with Crippen molar-refractivity contribution in [1.29, 1.82) is 0 Å². The highest BCUT2D eigenvalue weighted by Gasteiger charge is 2.27. The lowest BCUT2D eigenvalue weighted by molar-refractivity contribution is -0.143. The number of ether oxygens (including phenoxy) is 2. The number of hydrogen-bond donors (Lipinski definition) is 2. The Morgan fingerprint density at radius 3 is 2.85 bits per heavy atom. The number of fused-ring (bicyclic) bond motifs is 2. The molecule has 2 aromatic carbocycles. The first-order chi connectivity index (χ1) is 18.9. The van der Waals surface area contributed by atoms with Gasteiger partial charge in [-0.2, -0.15) is 0 Å². The molecule has 0 aliphatic carbocycles. The van der Waals surface area contributed by atoms with Crippen molar-refractivity contribution in [3.8, 4) is 5.75 Å². The van der Waals surface area contributed by atoms with Crippen molar-refractivity contribution in [2.75, 3.05) is 30.6 Å². The summed E-state index contributed by atoms with van der Waals surface area (Å²) in [6, 6.07) is 14.8. The van der Waals surface area contributed by atoms with Gasteiger partial charge < -0.3 is 14.9 Å². The molecule has 2 N–H and O–H groups in total. The molecule has 0 radical (unpaired) electrons. The van der Waals surface area contributed by atoms with Gasteiger partial charge in [0.05, 0.1) is 30.1 Å². The number of benzene rings is 2. The van der Waals surface area contributed by atoms with Crippen LogP contribution in [0.1, 0.15) is 66.1 Å². The molecular formula is C31H39N5O3. The number of rotatable bonds is 8. The van der Waals surface area contributed by atoms with Gasteiger partial charge in [-0.15, -0.1) is 5.53 Å². The zero-order valence-electron chi connectivity index (χ0n) is 23.6. The number of aromatic nitrogens is 1. The van der Waals surface area contributed by atoms with Gasteiger partial charge in [0.25, 0.3) is 0 Å². The molecule has 0 amide bonds. The third kappa shape index (κ3) is 5.72. The summed E-state index contributed by atoms with van der Waals surface area (Å²) in [4.78, 5) is 19.8. The van der Waals surface area contributed by atoms with Crippen LogP contribution in [-0.4, -0.2) is 42.2 Å². The minimum absolute atomic E-state index is 0.115. The van der Waals surface area contributed by atoms with E-state index < -0.39 is 0 Å². The summed E-state index contributed by atoms with van der Waals surface area (Å²) in [5, 5.41) is 1.96. The third-order valence-corrected chi connectivity index (χ3v) is 7.85. The molecule has 8 heteroatoms. The molecule has 0 fully saturated rings. The third-order valence-electron chi connectivity index (χ3n) is 7.85. The zero-order valence-corrected chi connectivity index (χ0v) is 23.6. The van der Waals surface area contributed by atoms with E-state index >= 15 is 0 Å². The maximum Gasteiger partial charge on any atom is 0.306 e. The Labute approximate surface area is 231 Å². The largest absolute Gasteiger partial charge is 0.487 e. The van der Waals surface area contributed by atoms with Crippen LogP contribution in [0.25, 0.3) is 0 Å². The number of hydrazine groups is 2. The smallest absolute Gasteiger partial charge is 0.306 e. The second kappa shape index (κ2) is 11.6. The second-order valence-corrected chi connectivity index (χ2v) is 10.5. The van der Waals surface area contributed by atoms with E-state index in [1.807, 2.05) is 37.3 Å². The van der Waals surface area contributed by atoms with Gasteiger partial charge in [-0.05, 0) is 73.2 Å². The van der Waals surface area contributed by atoms with Crippen LogP contribution in [0, 0.1) is 13.8 Å². The highest BCUT2D eigenvalue weighted by atomic mass is 16.5. The molecule has 39 heavy (non-hydrogen) atoms. The van der Waals surface area contributed by atoms with E-state index in [0.717, 1.165) is 65.6 Å². The monoisotopic (exact) mass is 529 g/mol. The van der Waals surface area contributed by atoms with E-state index in [1.54, 1.807) is 0 Å². The van der Waals surface area contributed by atoms with Crippen LogP contribution in [0.15, 0.2) is 48.7 Å². The number of carbonyl (C=O) groups excluding carboxylic acids is 1. The van der Waals surface area contributed by atoms with E-state index in [2.05, 4.69) is 71.9 Å². The van der Waals surface area contributed by atoms with Crippen LogP contribution in [-0.2, 0) is 22.6 Å². The summed E-state index contributed by atoms with van der Waals surface area (Å²) in [6.45, 7) is 11.0. The van der Waals surface area contributed by atoms with Gasteiger partial charge >= 0.3 is 5.97 Å². The normalized spacial score (nSPS) is 17.5. The van der Waals surface area contributed by atoms with Crippen molar-refractivity contribution in [2.45, 2.75) is 65.6 Å². The number of nitrogens with zero attached hydrogens (tertiary/aromatic N) is 3. The molecule has 0 saturated carbocycles. The van der Waals surface area contributed by atoms with Gasteiger partial charge in [0.1, 0.15) is 11.9 Å². The maximum atomic E-state index is 12.8. The number of nitrogens with one attached hydrogen (secondary N) is 2. The topological polar surface area (TPSA) is 79.0 Å². The predicted octanol–water partition coefficient (Wildman–Crippen LogP) is 5.24. The number of anilines is 2. The average molecular weight is 530 g/mol. The molecule has 0 saturated heterocycles. The Morgan fingerprint density at radius 1 is 1.21 bits per heavy atom. The number of esters is 1. The molecule has 2 atom stereocenters. The van der Waals surface area contributed by atoms with Crippen LogP contribution in [0.2, 0.25) is 0 Å². The maximum absolute atomic E-state index is 12.8. The SMILES string of the molecule is CCOC(=O)C[C@H](c1ccc(C)c(CN2Cc3ncccc3O[C@H](CC)C2)c1)c1ccc2c(c1C)NNN2C. The first-order valence-electron chi connectivity index (χ1n) is 13.8. The minimum atomic E-state index is -0.189. The summed E-state index contributed by atoms with van der Waals surface area (Å²) < 4.78 is 11.7. The molecular weight excluding hydrogens is 490 g/mol. The summed E-state index contributed by atoms with van der Waals surface area (Å²) >= 11 is 0. The molecule has 3 heterocycles. The lowest BCUT2D eigenvalue weighted by Crippen LogP contribution is -2.32. The molecule has 2 aliphatic rings. The van der Waals surface area contributed by atoms with E-state index in [-0.39, 0.29) is 24.4 Å². The van der Waals surface area contributed by atoms with Crippen LogP contribution < -0.4 is 20.7 Å². The molecule has 0 unspecified atom stereocenters. The van der Waals surface area contributed by atoms with Gasteiger partial charge in [0.15, 0.2) is 0 Å². The van der Waals surface area contributed by atoms with Crippen molar-refractivity contribution in [3.05, 3.63) is 82.2 Å². The quantitative estimate of drug-likeness (QED) is 0.384. The number of hydrogen-bond acceptors (Lipinski definition) is 8. The fourth-order valence-electron chi connectivity index (χ4n) is 5.60. The van der Waals surface area contributed by atoms with Crippen LogP contribution in [0.3, 0.4) is 0 Å². The highest BCUT2D eigenvalue weighted by Crippen LogP contribution is 2.40. The molecule has 0 spiro atoms. The molecule has 0 bridgehead atoms. The van der Waals surface area contributed by atoms with Crippen LogP contribution in [0.5, 0.6) is 5.75 Å². The van der Waals surface area contributed by atoms with Gasteiger partial charge in [0.2, 0.25) is 0 Å². The van der Waals surface area contributed by atoms with Crippen molar-refractivity contribution in [2.24, 2.45) is 0 Å². The summed E-state index contributed by atoms with van der Waals surface area (Å²) in [6.07, 6.45) is 3.16. The summed E-state index contributed by atoms with van der Waals surface area (Å²) in [7, 11) is 1.98. The van der Waals surface area contributed by atoms with Crippen molar-refractivity contribution >= 4 is 17.3 Å². The Hall–Kier alpha value is -3.62. The molecule has 3 aromatic rings. The molecule has 206 valence electrons. The predicted molar refractivity (Wildman–Crippen MR) is 154 cm³/mol. The van der Waals surface area contributed by atoms with Gasteiger partial charge in [0, 0.05) is 38.8 Å². The number of pyridine rings is 1. The number of aryl methyl sites for hydroxylation is 1. The fourth-order valence-corrected chi connectivity index (χ4v) is 5.60. The van der Waals surface area contributed by atoms with Gasteiger partial charge in [-0.3, -0.25) is 19.7 Å². The van der Waals surface area contributed by atoms with Crippen molar-refractivity contribution < 1.29 is 14.3 Å². The Kier molecular flexibility index (Phi) is 8.04. The highest BCUT2D eigenvalue weighted by molar-refractivity contribution is 5.79. The minimum Gasteiger partial charge on any atom is -0.487 e. The molecule has 2 aliphatic heterocycles. The van der Waals surface area contributed by atoms with E-state index in [9.17, 15) is 4.79 Å². The Balaban J connectivity index is 1.48.